The number of ether oxygens (including phenoxy) is 3. The molecule has 2 N–H and O–H groups in total. The average Bonchev–Trinajstić information content (AvgIpc) is 2.81. The first kappa shape index (κ1) is 31.3. The molecule has 0 bridgehead atoms. The highest BCUT2D eigenvalue weighted by atomic mass is 35.5. The summed E-state index contributed by atoms with van der Waals surface area (Å²) >= 11 is 8.29. The Morgan fingerprint density at radius 2 is 1.86 bits per heavy atom. The minimum Gasteiger partial charge on any atom is -0.466 e. The number of carbonyl (C=O) groups excluding carboxylic acids is 1. The Kier molecular flexibility index (Phi) is 12.1. The summed E-state index contributed by atoms with van der Waals surface area (Å²) in [5, 5.41) is 13.8. The molecular formula is C29H42ClNO5S. The second-order valence-electron chi connectivity index (χ2n) is 10.6. The molecule has 0 saturated carbocycles. The molecule has 2 aromatic rings. The van der Waals surface area contributed by atoms with Gasteiger partial charge in [-0.15, -0.1) is 0 Å². The quantitative estimate of drug-likeness (QED) is 0.250. The first-order valence-corrected chi connectivity index (χ1v) is 14.0. The van der Waals surface area contributed by atoms with E-state index in [9.17, 15) is 9.90 Å². The number of carbonyl (C=O) groups is 1. The van der Waals surface area contributed by atoms with E-state index in [0.717, 1.165) is 27.5 Å². The number of alkyl carbamates (subject to hydrolysis) is 1. The number of methoxy groups -OCH3 is 1. The molecule has 6 nitrogen and oxygen atoms in total. The van der Waals surface area contributed by atoms with Crippen LogP contribution >= 0.6 is 23.4 Å². The molecule has 2 rings (SSSR count). The third kappa shape index (κ3) is 10.0. The fourth-order valence-electron chi connectivity index (χ4n) is 3.95. The molecule has 0 unspecified atom stereocenters. The highest BCUT2D eigenvalue weighted by Gasteiger charge is 2.32. The van der Waals surface area contributed by atoms with Crippen LogP contribution in [0.1, 0.15) is 77.8 Å². The van der Waals surface area contributed by atoms with Crippen molar-refractivity contribution < 1.29 is 24.1 Å². The third-order valence-electron chi connectivity index (χ3n) is 5.89. The van der Waals surface area contributed by atoms with E-state index in [0.29, 0.717) is 30.2 Å². The number of hydrogen-bond acceptors (Lipinski definition) is 6. The van der Waals surface area contributed by atoms with Gasteiger partial charge in [-0.05, 0) is 81.3 Å². The zero-order valence-electron chi connectivity index (χ0n) is 23.2. The summed E-state index contributed by atoms with van der Waals surface area (Å²) in [6.45, 7) is 11.8. The van der Waals surface area contributed by atoms with Gasteiger partial charge in [-0.3, -0.25) is 0 Å². The van der Waals surface area contributed by atoms with Gasteiger partial charge in [0.2, 0.25) is 0 Å². The van der Waals surface area contributed by atoms with Crippen molar-refractivity contribution in [3.05, 3.63) is 52.5 Å². The zero-order chi connectivity index (χ0) is 27.6. The lowest BCUT2D eigenvalue weighted by Crippen LogP contribution is -2.53. The summed E-state index contributed by atoms with van der Waals surface area (Å²) in [5.74, 6) is 1.16. The Bertz CT molecular complexity index is 1020. The molecule has 37 heavy (non-hydrogen) atoms. The summed E-state index contributed by atoms with van der Waals surface area (Å²) in [5.41, 5.74) is 0.789. The van der Waals surface area contributed by atoms with Crippen molar-refractivity contribution in [1.29, 1.82) is 0 Å². The van der Waals surface area contributed by atoms with Gasteiger partial charge in [0.15, 0.2) is 6.79 Å². The van der Waals surface area contributed by atoms with E-state index in [1.807, 2.05) is 52.0 Å². The van der Waals surface area contributed by atoms with Gasteiger partial charge in [0.05, 0.1) is 17.0 Å². The van der Waals surface area contributed by atoms with E-state index < -0.39 is 17.2 Å². The molecular weight excluding hydrogens is 510 g/mol. The van der Waals surface area contributed by atoms with E-state index in [4.69, 9.17) is 25.8 Å². The van der Waals surface area contributed by atoms with Gasteiger partial charge >= 0.3 is 6.09 Å². The molecule has 2 aromatic carbocycles. The van der Waals surface area contributed by atoms with Crippen LogP contribution in [0.25, 0.3) is 0 Å². The van der Waals surface area contributed by atoms with Gasteiger partial charge in [-0.1, -0.05) is 62.7 Å². The normalized spacial score (nSPS) is 13.4. The molecule has 0 aliphatic carbocycles. The Hall–Kier alpha value is -1.93. The van der Waals surface area contributed by atoms with Crippen molar-refractivity contribution in [2.75, 3.05) is 20.5 Å². The first-order chi connectivity index (χ1) is 17.4. The maximum atomic E-state index is 12.5. The van der Waals surface area contributed by atoms with Crippen molar-refractivity contribution in [2.24, 2.45) is 0 Å². The Morgan fingerprint density at radius 3 is 2.43 bits per heavy atom. The first-order valence-electron chi connectivity index (χ1n) is 12.8. The standard InChI is InChI=1S/C29H42ClNO5S/c1-8-14-29(18-32,31-27(33)36-28(4,5)6)15-13-21-9-11-23(17-24(21)30)37-26-16-22(20(2)3)10-12-25(26)35-19-34-7/h9-12,16-17,20,32H,8,13-15,18-19H2,1-7H3,(H,31,33)/t29-/m0/s1. The van der Waals surface area contributed by atoms with Crippen LogP contribution in [0.5, 0.6) is 5.75 Å². The van der Waals surface area contributed by atoms with E-state index in [1.54, 1.807) is 18.9 Å². The summed E-state index contributed by atoms with van der Waals surface area (Å²) < 4.78 is 16.3. The lowest BCUT2D eigenvalue weighted by Gasteiger charge is -2.34. The Morgan fingerprint density at radius 1 is 1.14 bits per heavy atom. The molecule has 0 aromatic heterocycles. The number of amides is 1. The molecule has 0 heterocycles. The smallest absolute Gasteiger partial charge is 0.408 e. The number of nitrogens with one attached hydrogen (secondary N) is 1. The maximum absolute atomic E-state index is 12.5. The molecule has 8 heteroatoms. The predicted octanol–water partition coefficient (Wildman–Crippen LogP) is 7.59. The molecule has 0 radical (unpaired) electrons. The van der Waals surface area contributed by atoms with Crippen molar-refractivity contribution >= 4 is 29.5 Å². The molecule has 0 aliphatic heterocycles. The number of benzene rings is 2. The maximum Gasteiger partial charge on any atom is 0.408 e. The van der Waals surface area contributed by atoms with Crippen LogP contribution in [-0.2, 0) is 15.9 Å². The number of rotatable bonds is 13. The van der Waals surface area contributed by atoms with Crippen molar-refractivity contribution in [3.8, 4) is 5.75 Å². The summed E-state index contributed by atoms with van der Waals surface area (Å²) in [7, 11) is 1.60. The minimum atomic E-state index is -0.779. The number of hydrogen-bond donors (Lipinski definition) is 2. The second-order valence-corrected chi connectivity index (χ2v) is 12.1. The Labute approximate surface area is 231 Å². The van der Waals surface area contributed by atoms with Gasteiger partial charge in [-0.2, -0.15) is 0 Å². The fraction of sp³-hybridized carbons (Fsp3) is 0.552. The number of aliphatic hydroxyl groups is 1. The lowest BCUT2D eigenvalue weighted by molar-refractivity contribution is 0.0373. The monoisotopic (exact) mass is 551 g/mol. The van der Waals surface area contributed by atoms with E-state index >= 15 is 0 Å². The Balaban J connectivity index is 2.19. The van der Waals surface area contributed by atoms with Crippen LogP contribution in [0.2, 0.25) is 5.02 Å². The van der Waals surface area contributed by atoms with Crippen molar-refractivity contribution in [1.82, 2.24) is 5.32 Å². The molecule has 0 fully saturated rings. The molecule has 1 atom stereocenters. The van der Waals surface area contributed by atoms with Crippen LogP contribution < -0.4 is 10.1 Å². The SMILES string of the molecule is CCC[C@@](CO)(CCc1ccc(Sc2cc(C(C)C)ccc2OCOC)cc1Cl)NC(=O)OC(C)(C)C. The third-order valence-corrected chi connectivity index (χ3v) is 7.27. The summed E-state index contributed by atoms with van der Waals surface area (Å²) in [4.78, 5) is 14.5. The highest BCUT2D eigenvalue weighted by molar-refractivity contribution is 7.99. The van der Waals surface area contributed by atoms with Crippen molar-refractivity contribution in [2.45, 2.75) is 94.1 Å². The predicted molar refractivity (Wildman–Crippen MR) is 151 cm³/mol. The van der Waals surface area contributed by atoms with Crippen LogP contribution in [-0.4, -0.2) is 42.8 Å². The van der Waals surface area contributed by atoms with Crippen LogP contribution in [0.4, 0.5) is 4.79 Å². The summed E-state index contributed by atoms with van der Waals surface area (Å²) in [6, 6.07) is 12.2. The van der Waals surface area contributed by atoms with E-state index in [-0.39, 0.29) is 13.4 Å². The average molecular weight is 552 g/mol. The largest absolute Gasteiger partial charge is 0.466 e. The van der Waals surface area contributed by atoms with Crippen LogP contribution in [0.15, 0.2) is 46.2 Å². The lowest BCUT2D eigenvalue weighted by atomic mass is 9.87. The summed E-state index contributed by atoms with van der Waals surface area (Å²) in [6.07, 6.45) is 2.05. The second kappa shape index (κ2) is 14.3. The van der Waals surface area contributed by atoms with Crippen LogP contribution in [0.3, 0.4) is 0 Å². The number of aryl methyl sites for hydroxylation is 1. The van der Waals surface area contributed by atoms with Crippen LogP contribution in [0, 0.1) is 0 Å². The van der Waals surface area contributed by atoms with Gasteiger partial charge in [0.1, 0.15) is 11.4 Å². The van der Waals surface area contributed by atoms with E-state index in [1.165, 1.54) is 5.56 Å². The van der Waals surface area contributed by atoms with Gasteiger partial charge in [0, 0.05) is 17.0 Å². The molecule has 1 amide bonds. The fourth-order valence-corrected chi connectivity index (χ4v) is 5.28. The molecule has 0 spiro atoms. The van der Waals surface area contributed by atoms with E-state index in [2.05, 4.69) is 31.3 Å². The zero-order valence-corrected chi connectivity index (χ0v) is 24.7. The minimum absolute atomic E-state index is 0.177. The van der Waals surface area contributed by atoms with Crippen molar-refractivity contribution in [3.63, 3.8) is 0 Å². The molecule has 0 aliphatic rings. The van der Waals surface area contributed by atoms with Gasteiger partial charge in [-0.25, -0.2) is 4.79 Å². The number of aliphatic hydroxyl groups excluding tert-OH is 1. The molecule has 206 valence electrons. The van der Waals surface area contributed by atoms with Gasteiger partial charge < -0.3 is 24.6 Å². The highest BCUT2D eigenvalue weighted by Crippen LogP contribution is 2.39. The van der Waals surface area contributed by atoms with Gasteiger partial charge in [0.25, 0.3) is 0 Å². The topological polar surface area (TPSA) is 77.0 Å². The number of halogens is 1. The molecule has 0 saturated heterocycles.